The summed E-state index contributed by atoms with van der Waals surface area (Å²) in [5.74, 6) is 2.08. The van der Waals surface area contributed by atoms with Crippen molar-refractivity contribution in [2.75, 3.05) is 6.54 Å². The average molecular weight is 277 g/mol. The monoisotopic (exact) mass is 277 g/mol. The molecule has 1 aromatic heterocycles. The van der Waals surface area contributed by atoms with Crippen LogP contribution in [0, 0.1) is 6.92 Å². The van der Waals surface area contributed by atoms with Crippen molar-refractivity contribution < 1.29 is 4.52 Å². The second kappa shape index (κ2) is 7.31. The number of aromatic nitrogens is 2. The van der Waals surface area contributed by atoms with Crippen LogP contribution in [-0.4, -0.2) is 16.7 Å². The van der Waals surface area contributed by atoms with Crippen LogP contribution in [0.25, 0.3) is 0 Å². The van der Waals surface area contributed by atoms with Crippen molar-refractivity contribution in [1.29, 1.82) is 0 Å². The Bertz CT molecular complexity index is 496. The van der Waals surface area contributed by atoms with E-state index >= 15 is 0 Å². The topological polar surface area (TPSA) is 51.0 Å². The Morgan fingerprint density at radius 1 is 1.26 bits per heavy atom. The molecular formula is C14H19N3OS. The van der Waals surface area contributed by atoms with Crippen LogP contribution < -0.4 is 5.32 Å². The van der Waals surface area contributed by atoms with Gasteiger partial charge in [0.05, 0.1) is 5.75 Å². The molecule has 0 aliphatic rings. The van der Waals surface area contributed by atoms with E-state index in [-0.39, 0.29) is 0 Å². The number of aryl methyl sites for hydroxylation is 1. The van der Waals surface area contributed by atoms with Gasteiger partial charge in [0.1, 0.15) is 0 Å². The molecule has 0 spiro atoms. The van der Waals surface area contributed by atoms with Gasteiger partial charge in [-0.2, -0.15) is 4.98 Å². The molecule has 0 radical (unpaired) electrons. The van der Waals surface area contributed by atoms with Gasteiger partial charge in [0.2, 0.25) is 5.89 Å². The maximum absolute atomic E-state index is 5.08. The summed E-state index contributed by atoms with van der Waals surface area (Å²) >= 11 is 1.71. The smallest absolute Gasteiger partial charge is 0.236 e. The molecule has 0 saturated heterocycles. The van der Waals surface area contributed by atoms with Crippen LogP contribution in [0.2, 0.25) is 0 Å². The maximum Gasteiger partial charge on any atom is 0.236 e. The number of nitrogens with zero attached hydrogens (tertiary/aromatic N) is 2. The van der Waals surface area contributed by atoms with Crippen molar-refractivity contribution in [3.05, 3.63) is 41.5 Å². The van der Waals surface area contributed by atoms with Crippen molar-refractivity contribution in [2.24, 2.45) is 0 Å². The number of benzene rings is 1. The van der Waals surface area contributed by atoms with E-state index in [1.165, 1.54) is 10.5 Å². The first-order valence-electron chi connectivity index (χ1n) is 6.49. The third kappa shape index (κ3) is 4.69. The van der Waals surface area contributed by atoms with Gasteiger partial charge >= 0.3 is 0 Å². The van der Waals surface area contributed by atoms with Gasteiger partial charge in [0.25, 0.3) is 0 Å². The minimum atomic E-state index is 0.677. The van der Waals surface area contributed by atoms with Crippen molar-refractivity contribution in [1.82, 2.24) is 15.5 Å². The molecule has 0 atom stereocenters. The first kappa shape index (κ1) is 14.1. The normalized spacial score (nSPS) is 10.8. The van der Waals surface area contributed by atoms with Crippen LogP contribution in [0.15, 0.2) is 33.7 Å². The Morgan fingerprint density at radius 3 is 2.68 bits per heavy atom. The van der Waals surface area contributed by atoms with Gasteiger partial charge in [0.15, 0.2) is 5.82 Å². The zero-order valence-electron chi connectivity index (χ0n) is 11.3. The van der Waals surface area contributed by atoms with Crippen LogP contribution in [0.3, 0.4) is 0 Å². The summed E-state index contributed by atoms with van der Waals surface area (Å²) < 4.78 is 5.08. The lowest BCUT2D eigenvalue weighted by Gasteiger charge is -2.04. The molecule has 0 amide bonds. The Hall–Kier alpha value is -1.33. The van der Waals surface area contributed by atoms with Gasteiger partial charge in [-0.05, 0) is 37.6 Å². The first-order chi connectivity index (χ1) is 9.28. The van der Waals surface area contributed by atoms with Crippen molar-refractivity contribution in [3.8, 4) is 0 Å². The van der Waals surface area contributed by atoms with Gasteiger partial charge in [-0.3, -0.25) is 0 Å². The van der Waals surface area contributed by atoms with E-state index in [1.54, 1.807) is 11.8 Å². The van der Waals surface area contributed by atoms with Gasteiger partial charge in [-0.15, -0.1) is 11.8 Å². The van der Waals surface area contributed by atoms with Crippen LogP contribution in [0.5, 0.6) is 0 Å². The number of thioether (sulfide) groups is 1. The van der Waals surface area contributed by atoms with E-state index in [4.69, 9.17) is 4.52 Å². The molecule has 102 valence electrons. The van der Waals surface area contributed by atoms with Crippen LogP contribution >= 0.6 is 11.8 Å². The molecule has 0 fully saturated rings. The molecule has 19 heavy (non-hydrogen) atoms. The molecule has 0 aliphatic carbocycles. The van der Waals surface area contributed by atoms with Crippen molar-refractivity contribution in [2.45, 2.75) is 37.5 Å². The number of hydrogen-bond donors (Lipinski definition) is 1. The van der Waals surface area contributed by atoms with E-state index in [9.17, 15) is 0 Å². The lowest BCUT2D eigenvalue weighted by atomic mass is 10.2. The second-order valence-electron chi connectivity index (χ2n) is 4.34. The summed E-state index contributed by atoms with van der Waals surface area (Å²) in [6.45, 7) is 6.00. The Labute approximate surface area is 118 Å². The molecule has 1 aromatic carbocycles. The molecular weight excluding hydrogens is 258 g/mol. The molecule has 0 bridgehead atoms. The minimum absolute atomic E-state index is 0.677. The summed E-state index contributed by atoms with van der Waals surface area (Å²) in [4.78, 5) is 5.40. The third-order valence-corrected chi connectivity index (χ3v) is 3.61. The van der Waals surface area contributed by atoms with Crippen LogP contribution in [-0.2, 0) is 12.3 Å². The van der Waals surface area contributed by atoms with Gasteiger partial charge < -0.3 is 9.84 Å². The van der Waals surface area contributed by atoms with E-state index in [0.29, 0.717) is 17.5 Å². The van der Waals surface area contributed by atoms with Crippen molar-refractivity contribution in [3.63, 3.8) is 0 Å². The Kier molecular flexibility index (Phi) is 5.42. The van der Waals surface area contributed by atoms with E-state index in [1.807, 2.05) is 6.92 Å². The number of rotatable bonds is 7. The third-order valence-electron chi connectivity index (χ3n) is 2.61. The van der Waals surface area contributed by atoms with E-state index in [0.717, 1.165) is 19.5 Å². The van der Waals surface area contributed by atoms with Crippen LogP contribution in [0.4, 0.5) is 0 Å². The molecule has 2 rings (SSSR count). The molecule has 5 heteroatoms. The van der Waals surface area contributed by atoms with E-state index < -0.39 is 0 Å². The minimum Gasteiger partial charge on any atom is -0.338 e. The Morgan fingerprint density at radius 2 is 2.05 bits per heavy atom. The molecule has 1 heterocycles. The highest BCUT2D eigenvalue weighted by molar-refractivity contribution is 7.98. The zero-order valence-corrected chi connectivity index (χ0v) is 12.2. The highest BCUT2D eigenvalue weighted by Crippen LogP contribution is 2.22. The summed E-state index contributed by atoms with van der Waals surface area (Å²) in [7, 11) is 0. The average Bonchev–Trinajstić information content (AvgIpc) is 2.84. The number of hydrogen-bond acceptors (Lipinski definition) is 5. The summed E-state index contributed by atoms with van der Waals surface area (Å²) in [5.41, 5.74) is 1.31. The predicted octanol–water partition coefficient (Wildman–Crippen LogP) is 3.17. The zero-order chi connectivity index (χ0) is 13.5. The molecule has 1 N–H and O–H groups in total. The largest absolute Gasteiger partial charge is 0.338 e. The van der Waals surface area contributed by atoms with E-state index in [2.05, 4.69) is 46.6 Å². The Balaban J connectivity index is 1.81. The molecule has 0 saturated carbocycles. The first-order valence-corrected chi connectivity index (χ1v) is 7.48. The summed E-state index contributed by atoms with van der Waals surface area (Å²) in [5, 5.41) is 7.17. The fraction of sp³-hybridized carbons (Fsp3) is 0.429. The summed E-state index contributed by atoms with van der Waals surface area (Å²) in [6, 6.07) is 8.59. The highest BCUT2D eigenvalue weighted by atomic mass is 32.2. The quantitative estimate of drug-likeness (QED) is 0.622. The fourth-order valence-corrected chi connectivity index (χ4v) is 2.39. The predicted molar refractivity (Wildman–Crippen MR) is 77.0 cm³/mol. The molecule has 2 aromatic rings. The SMILES string of the molecule is CCCNCc1ccc(SCc2nc(C)no2)cc1. The highest BCUT2D eigenvalue weighted by Gasteiger charge is 2.03. The second-order valence-corrected chi connectivity index (χ2v) is 5.39. The summed E-state index contributed by atoms with van der Waals surface area (Å²) in [6.07, 6.45) is 1.16. The lowest BCUT2D eigenvalue weighted by molar-refractivity contribution is 0.387. The fourth-order valence-electron chi connectivity index (χ4n) is 1.66. The lowest BCUT2D eigenvalue weighted by Crippen LogP contribution is -2.13. The number of nitrogens with one attached hydrogen (secondary N) is 1. The molecule has 0 unspecified atom stereocenters. The molecule has 4 nitrogen and oxygen atoms in total. The van der Waals surface area contributed by atoms with Gasteiger partial charge in [0, 0.05) is 11.4 Å². The van der Waals surface area contributed by atoms with Gasteiger partial charge in [-0.1, -0.05) is 24.2 Å². The maximum atomic E-state index is 5.08. The standard InChI is InChI=1S/C14H19N3OS/c1-3-8-15-9-12-4-6-13(7-5-12)19-10-14-16-11(2)17-18-14/h4-7,15H,3,8-10H2,1-2H3. The van der Waals surface area contributed by atoms with Crippen LogP contribution in [0.1, 0.15) is 30.6 Å². The van der Waals surface area contributed by atoms with Gasteiger partial charge in [-0.25, -0.2) is 0 Å². The molecule has 0 aliphatic heterocycles. The van der Waals surface area contributed by atoms with Crippen molar-refractivity contribution >= 4 is 11.8 Å².